The number of rotatable bonds is 8. The third-order valence-electron chi connectivity index (χ3n) is 2.31. The van der Waals surface area contributed by atoms with Gasteiger partial charge in [0.25, 0.3) is 0 Å². The minimum atomic E-state index is -1.95. The van der Waals surface area contributed by atoms with Crippen LogP contribution in [0.2, 0.25) is 0 Å². The molecule has 0 fully saturated rings. The predicted molar refractivity (Wildman–Crippen MR) is 102 cm³/mol. The van der Waals surface area contributed by atoms with E-state index in [9.17, 15) is 14.7 Å². The minimum absolute atomic E-state index is 0.0901. The standard InChI is InChI=1S/C12H12I3NO5/c13-12(14,15)11(10(18)19,20-7-6-9(16)17)21-8-4-2-1-3-5-8/h1-5H,6-7H2,(H2,16,17)(H,18,19). The third kappa shape index (κ3) is 5.35. The number of alkyl halides is 3. The molecule has 0 bridgehead atoms. The molecule has 0 saturated carbocycles. The van der Waals surface area contributed by atoms with Crippen LogP contribution in [0, 0.1) is 0 Å². The van der Waals surface area contributed by atoms with E-state index in [2.05, 4.69) is 0 Å². The minimum Gasteiger partial charge on any atom is -0.476 e. The van der Waals surface area contributed by atoms with Gasteiger partial charge in [-0.25, -0.2) is 4.79 Å². The molecule has 9 heteroatoms. The third-order valence-corrected chi connectivity index (χ3v) is 4.44. The first-order valence-corrected chi connectivity index (χ1v) is 8.89. The molecule has 0 aromatic heterocycles. The van der Waals surface area contributed by atoms with Gasteiger partial charge in [0, 0.05) is 6.42 Å². The number of hydrogen-bond acceptors (Lipinski definition) is 4. The van der Waals surface area contributed by atoms with Crippen molar-refractivity contribution < 1.29 is 24.2 Å². The molecule has 1 rings (SSSR count). The van der Waals surface area contributed by atoms with E-state index in [1.54, 1.807) is 30.3 Å². The summed E-state index contributed by atoms with van der Waals surface area (Å²) in [5, 5.41) is 9.61. The Morgan fingerprint density at radius 2 is 1.76 bits per heavy atom. The van der Waals surface area contributed by atoms with Crippen LogP contribution in [-0.2, 0) is 14.3 Å². The molecule has 116 valence electrons. The van der Waals surface area contributed by atoms with Crippen molar-refractivity contribution in [2.24, 2.45) is 5.73 Å². The summed E-state index contributed by atoms with van der Waals surface area (Å²) >= 11 is 5.75. The molecule has 0 radical (unpaired) electrons. The average Bonchev–Trinajstić information content (AvgIpc) is 2.36. The zero-order valence-electron chi connectivity index (χ0n) is 10.6. The first kappa shape index (κ1) is 19.2. The monoisotopic (exact) mass is 631 g/mol. The maximum absolute atomic E-state index is 11.8. The van der Waals surface area contributed by atoms with Crippen molar-refractivity contribution in [1.29, 1.82) is 0 Å². The predicted octanol–water partition coefficient (Wildman–Crippen LogP) is 2.70. The summed E-state index contributed by atoms with van der Waals surface area (Å²) in [6, 6.07) is 8.49. The first-order valence-electron chi connectivity index (χ1n) is 5.65. The van der Waals surface area contributed by atoms with Crippen LogP contribution in [0.5, 0.6) is 5.75 Å². The van der Waals surface area contributed by atoms with Crippen molar-refractivity contribution in [3.63, 3.8) is 0 Å². The van der Waals surface area contributed by atoms with E-state index in [-0.39, 0.29) is 13.0 Å². The van der Waals surface area contributed by atoms with Gasteiger partial charge in [0.2, 0.25) is 5.91 Å². The van der Waals surface area contributed by atoms with E-state index in [0.717, 1.165) is 0 Å². The van der Waals surface area contributed by atoms with Crippen LogP contribution in [0.25, 0.3) is 0 Å². The van der Waals surface area contributed by atoms with E-state index in [0.29, 0.717) is 5.75 Å². The quantitative estimate of drug-likeness (QED) is 0.262. The van der Waals surface area contributed by atoms with Crippen LogP contribution in [-0.4, -0.2) is 28.8 Å². The van der Waals surface area contributed by atoms with Gasteiger partial charge in [-0.1, -0.05) is 18.2 Å². The zero-order valence-corrected chi connectivity index (χ0v) is 17.1. The fraction of sp³-hybridized carbons (Fsp3) is 0.333. The van der Waals surface area contributed by atoms with Gasteiger partial charge >= 0.3 is 11.8 Å². The number of nitrogens with two attached hydrogens (primary N) is 1. The molecule has 21 heavy (non-hydrogen) atoms. The summed E-state index contributed by atoms with van der Waals surface area (Å²) in [6.45, 7) is -0.148. The molecular weight excluding hydrogens is 619 g/mol. The topological polar surface area (TPSA) is 98.9 Å². The van der Waals surface area contributed by atoms with E-state index in [1.165, 1.54) is 0 Å². The van der Waals surface area contributed by atoms with Gasteiger partial charge in [-0.05, 0) is 79.9 Å². The number of amides is 1. The van der Waals surface area contributed by atoms with Crippen molar-refractivity contribution in [3.8, 4) is 5.75 Å². The van der Waals surface area contributed by atoms with Crippen LogP contribution in [0.4, 0.5) is 0 Å². The summed E-state index contributed by atoms with van der Waals surface area (Å²) < 4.78 is 10.1. The van der Waals surface area contributed by atoms with Crippen LogP contribution < -0.4 is 10.5 Å². The van der Waals surface area contributed by atoms with E-state index < -0.39 is 17.1 Å². The van der Waals surface area contributed by atoms with Crippen molar-refractivity contribution >= 4 is 79.6 Å². The van der Waals surface area contributed by atoms with Gasteiger partial charge in [-0.2, -0.15) is 0 Å². The number of carboxylic acids is 1. The fourth-order valence-corrected chi connectivity index (χ4v) is 2.84. The number of para-hydroxylation sites is 1. The second-order valence-electron chi connectivity index (χ2n) is 3.90. The summed E-state index contributed by atoms with van der Waals surface area (Å²) in [4.78, 5) is 22.6. The molecule has 1 aromatic rings. The summed E-state index contributed by atoms with van der Waals surface area (Å²) in [7, 11) is 0. The summed E-state index contributed by atoms with van der Waals surface area (Å²) in [5.41, 5.74) is 5.05. The Morgan fingerprint density at radius 3 is 2.19 bits per heavy atom. The lowest BCUT2D eigenvalue weighted by Crippen LogP contribution is -2.56. The van der Waals surface area contributed by atoms with Gasteiger partial charge in [0.1, 0.15) is 5.75 Å². The van der Waals surface area contributed by atoms with Crippen molar-refractivity contribution in [1.82, 2.24) is 0 Å². The van der Waals surface area contributed by atoms with E-state index in [4.69, 9.17) is 15.2 Å². The number of hydrogen-bond donors (Lipinski definition) is 2. The lowest BCUT2D eigenvalue weighted by atomic mass is 10.3. The Morgan fingerprint density at radius 1 is 1.19 bits per heavy atom. The smallest absolute Gasteiger partial charge is 0.380 e. The van der Waals surface area contributed by atoms with E-state index >= 15 is 0 Å². The normalized spacial score (nSPS) is 14.2. The number of ether oxygens (including phenoxy) is 2. The Kier molecular flexibility index (Phi) is 7.39. The Labute approximate surface area is 162 Å². The second-order valence-corrected chi connectivity index (χ2v) is 14.9. The lowest BCUT2D eigenvalue weighted by Gasteiger charge is -2.36. The highest BCUT2D eigenvalue weighted by molar-refractivity contribution is 14.3. The highest BCUT2D eigenvalue weighted by atomic mass is 127. The molecule has 1 aromatic carbocycles. The number of aliphatic carboxylic acids is 1. The molecule has 3 N–H and O–H groups in total. The fourth-order valence-electron chi connectivity index (χ4n) is 1.35. The number of carbonyl (C=O) groups is 2. The van der Waals surface area contributed by atoms with Gasteiger partial charge < -0.3 is 20.3 Å². The van der Waals surface area contributed by atoms with Crippen molar-refractivity contribution in [3.05, 3.63) is 30.3 Å². The number of carbonyl (C=O) groups excluding carboxylic acids is 1. The Bertz CT molecular complexity index is 505. The van der Waals surface area contributed by atoms with Crippen LogP contribution in [0.1, 0.15) is 6.42 Å². The van der Waals surface area contributed by atoms with Gasteiger partial charge in [0.15, 0.2) is -0.565 Å². The molecule has 1 amide bonds. The molecule has 1 atom stereocenters. The molecule has 6 nitrogen and oxygen atoms in total. The lowest BCUT2D eigenvalue weighted by molar-refractivity contribution is -0.205. The molecule has 0 saturated heterocycles. The molecule has 0 spiro atoms. The molecule has 0 aliphatic heterocycles. The maximum atomic E-state index is 11.8. The number of benzene rings is 1. The van der Waals surface area contributed by atoms with Gasteiger partial charge in [-0.15, -0.1) is 0 Å². The Hall–Kier alpha value is 0.110. The Balaban J connectivity index is 3.07. The van der Waals surface area contributed by atoms with Crippen molar-refractivity contribution in [2.45, 2.75) is 11.6 Å². The first-order chi connectivity index (χ1) is 9.69. The number of carboxylic acid groups (broad SMARTS) is 1. The number of primary amides is 1. The van der Waals surface area contributed by atoms with E-state index in [1.807, 2.05) is 67.8 Å². The molecule has 0 aliphatic rings. The summed E-state index contributed by atoms with van der Waals surface area (Å²) in [5.74, 6) is -3.46. The van der Waals surface area contributed by atoms with Gasteiger partial charge in [-0.3, -0.25) is 4.79 Å². The zero-order chi connectivity index (χ0) is 16.1. The molecule has 1 unspecified atom stereocenters. The molecular formula is C12H12I3NO5. The highest BCUT2D eigenvalue weighted by Gasteiger charge is 2.58. The van der Waals surface area contributed by atoms with Crippen LogP contribution in [0.3, 0.4) is 0 Å². The second kappa shape index (κ2) is 8.10. The highest BCUT2D eigenvalue weighted by Crippen LogP contribution is 2.48. The van der Waals surface area contributed by atoms with Gasteiger partial charge in [0.05, 0.1) is 6.61 Å². The largest absolute Gasteiger partial charge is 0.476 e. The SMILES string of the molecule is NC(=O)CCOC(Oc1ccccc1)(C(=O)O)C(I)(I)I. The molecule has 0 aliphatic carbocycles. The van der Waals surface area contributed by atoms with Crippen LogP contribution >= 0.6 is 67.8 Å². The molecule has 0 heterocycles. The average molecular weight is 631 g/mol. The number of halogens is 3. The van der Waals surface area contributed by atoms with Crippen LogP contribution in [0.15, 0.2) is 30.3 Å². The summed E-state index contributed by atoms with van der Waals surface area (Å²) in [6.07, 6.45) is -0.0901. The maximum Gasteiger partial charge on any atom is 0.380 e. The van der Waals surface area contributed by atoms with Crippen molar-refractivity contribution in [2.75, 3.05) is 6.61 Å².